The first-order valence-electron chi connectivity index (χ1n) is 7.41. The van der Waals surface area contributed by atoms with Gasteiger partial charge in [-0.2, -0.15) is 0 Å². The van der Waals surface area contributed by atoms with Gasteiger partial charge in [-0.25, -0.2) is 4.39 Å². The van der Waals surface area contributed by atoms with E-state index < -0.39 is 0 Å². The van der Waals surface area contributed by atoms with Crippen molar-refractivity contribution in [3.63, 3.8) is 0 Å². The lowest BCUT2D eigenvalue weighted by Crippen LogP contribution is -2.34. The van der Waals surface area contributed by atoms with E-state index in [2.05, 4.69) is 21.2 Å². The topological polar surface area (TPSA) is 32.3 Å². The van der Waals surface area contributed by atoms with Crippen molar-refractivity contribution in [2.45, 2.75) is 25.8 Å². The number of amides is 1. The fourth-order valence-corrected chi connectivity index (χ4v) is 3.85. The Morgan fingerprint density at radius 1 is 1.48 bits per heavy atom. The normalized spacial score (nSPS) is 23.1. The van der Waals surface area contributed by atoms with Gasteiger partial charge in [0, 0.05) is 29.5 Å². The Bertz CT molecular complexity index is 557. The molecule has 0 aromatic heterocycles. The van der Waals surface area contributed by atoms with E-state index in [4.69, 9.17) is 0 Å². The summed E-state index contributed by atoms with van der Waals surface area (Å²) in [7, 11) is 1.77. The molecule has 1 unspecified atom stereocenters. The van der Waals surface area contributed by atoms with Crippen LogP contribution in [0.3, 0.4) is 0 Å². The fraction of sp³-hybridized carbons (Fsp3) is 0.562. The van der Waals surface area contributed by atoms with E-state index in [0.717, 1.165) is 36.8 Å². The first kappa shape index (κ1) is 15.0. The molecule has 3 rings (SSSR count). The van der Waals surface area contributed by atoms with Crippen molar-refractivity contribution >= 4 is 21.8 Å². The van der Waals surface area contributed by atoms with Gasteiger partial charge in [0.15, 0.2) is 0 Å². The largest absolute Gasteiger partial charge is 0.341 e. The summed E-state index contributed by atoms with van der Waals surface area (Å²) in [5.74, 6) is 0.0429. The summed E-state index contributed by atoms with van der Waals surface area (Å²) < 4.78 is 14.6. The minimum absolute atomic E-state index is 0.139. The maximum absolute atomic E-state index is 13.8. The number of carbonyl (C=O) groups excluding carboxylic acids is 1. The highest BCUT2D eigenvalue weighted by atomic mass is 79.9. The molecule has 21 heavy (non-hydrogen) atoms. The first-order chi connectivity index (χ1) is 10.0. The van der Waals surface area contributed by atoms with Crippen LogP contribution in [-0.4, -0.2) is 30.9 Å². The lowest BCUT2D eigenvalue weighted by Gasteiger charge is -2.25. The molecule has 1 aliphatic heterocycles. The number of benzene rings is 1. The van der Waals surface area contributed by atoms with Crippen LogP contribution in [0.4, 0.5) is 4.39 Å². The molecule has 5 heteroatoms. The van der Waals surface area contributed by atoms with Gasteiger partial charge in [-0.3, -0.25) is 4.79 Å². The van der Waals surface area contributed by atoms with Crippen molar-refractivity contribution in [3.8, 4) is 0 Å². The lowest BCUT2D eigenvalue weighted by molar-refractivity contribution is -0.132. The van der Waals surface area contributed by atoms with E-state index in [1.807, 2.05) is 0 Å². The van der Waals surface area contributed by atoms with Crippen molar-refractivity contribution in [1.82, 2.24) is 10.2 Å². The van der Waals surface area contributed by atoms with Crippen molar-refractivity contribution in [3.05, 3.63) is 34.1 Å². The molecule has 1 spiro atoms. The van der Waals surface area contributed by atoms with Gasteiger partial charge in [-0.1, -0.05) is 15.9 Å². The third kappa shape index (κ3) is 2.99. The second kappa shape index (κ2) is 5.69. The summed E-state index contributed by atoms with van der Waals surface area (Å²) in [6.07, 6.45) is 3.17. The van der Waals surface area contributed by atoms with Gasteiger partial charge in [0.05, 0.1) is 0 Å². The van der Waals surface area contributed by atoms with Gasteiger partial charge < -0.3 is 10.2 Å². The minimum atomic E-state index is -0.259. The second-order valence-electron chi connectivity index (χ2n) is 6.30. The number of nitrogens with one attached hydrogen (secondary N) is 1. The summed E-state index contributed by atoms with van der Waals surface area (Å²) in [5.41, 5.74) is 0.784. The van der Waals surface area contributed by atoms with E-state index in [1.54, 1.807) is 24.1 Å². The number of halogens is 2. The number of hydrogen-bond acceptors (Lipinski definition) is 2. The van der Waals surface area contributed by atoms with E-state index in [1.165, 1.54) is 6.07 Å². The van der Waals surface area contributed by atoms with Crippen molar-refractivity contribution in [2.75, 3.05) is 20.1 Å². The van der Waals surface area contributed by atoms with Crippen LogP contribution in [0.1, 0.15) is 24.8 Å². The van der Waals surface area contributed by atoms with Crippen LogP contribution in [0.5, 0.6) is 0 Å². The SMILES string of the molecule is CN(Cc1cc(Br)ccc1F)C(=O)C1CC12CCNCC2. The Labute approximate surface area is 133 Å². The summed E-state index contributed by atoms with van der Waals surface area (Å²) in [4.78, 5) is 14.2. The molecule has 1 atom stereocenters. The Hall–Kier alpha value is -0.940. The molecule has 3 nitrogen and oxygen atoms in total. The van der Waals surface area contributed by atoms with Crippen LogP contribution in [0.2, 0.25) is 0 Å². The summed E-state index contributed by atoms with van der Waals surface area (Å²) >= 11 is 3.34. The molecule has 2 aliphatic rings. The van der Waals surface area contributed by atoms with Crippen molar-refractivity contribution < 1.29 is 9.18 Å². The summed E-state index contributed by atoms with van der Waals surface area (Å²) in [5, 5.41) is 3.34. The molecule has 1 aliphatic carbocycles. The van der Waals surface area contributed by atoms with E-state index in [0.29, 0.717) is 12.1 Å². The van der Waals surface area contributed by atoms with Gasteiger partial charge in [0.2, 0.25) is 5.91 Å². The molecule has 1 N–H and O–H groups in total. The molecule has 1 saturated heterocycles. The van der Waals surface area contributed by atoms with Crippen LogP contribution in [0, 0.1) is 17.2 Å². The molecule has 0 bridgehead atoms. The van der Waals surface area contributed by atoms with Crippen molar-refractivity contribution in [1.29, 1.82) is 0 Å². The van der Waals surface area contributed by atoms with Gasteiger partial charge in [0.1, 0.15) is 5.82 Å². The van der Waals surface area contributed by atoms with Crippen LogP contribution in [-0.2, 0) is 11.3 Å². The van der Waals surface area contributed by atoms with E-state index in [-0.39, 0.29) is 23.1 Å². The molecule has 114 valence electrons. The van der Waals surface area contributed by atoms with Gasteiger partial charge in [-0.05, 0) is 56.0 Å². The highest BCUT2D eigenvalue weighted by Crippen LogP contribution is 2.59. The zero-order chi connectivity index (χ0) is 15.0. The van der Waals surface area contributed by atoms with Gasteiger partial charge >= 0.3 is 0 Å². The van der Waals surface area contributed by atoms with Crippen LogP contribution < -0.4 is 5.32 Å². The van der Waals surface area contributed by atoms with E-state index in [9.17, 15) is 9.18 Å². The monoisotopic (exact) mass is 354 g/mol. The number of rotatable bonds is 3. The Morgan fingerprint density at radius 2 is 2.19 bits per heavy atom. The average Bonchev–Trinajstić information content (AvgIpc) is 3.16. The van der Waals surface area contributed by atoms with Crippen LogP contribution >= 0.6 is 15.9 Å². The molecule has 2 fully saturated rings. The summed E-state index contributed by atoms with van der Waals surface area (Å²) in [6.45, 7) is 2.34. The molecular formula is C16H20BrFN2O. The van der Waals surface area contributed by atoms with Crippen molar-refractivity contribution in [2.24, 2.45) is 11.3 Å². The fourth-order valence-electron chi connectivity index (χ4n) is 3.44. The molecule has 0 radical (unpaired) electrons. The second-order valence-corrected chi connectivity index (χ2v) is 7.21. The smallest absolute Gasteiger partial charge is 0.226 e. The number of piperidine rings is 1. The predicted molar refractivity (Wildman–Crippen MR) is 83.2 cm³/mol. The molecule has 1 heterocycles. The Balaban J connectivity index is 1.64. The molecule has 1 aromatic rings. The van der Waals surface area contributed by atoms with E-state index >= 15 is 0 Å². The van der Waals surface area contributed by atoms with Crippen LogP contribution in [0.25, 0.3) is 0 Å². The molecule has 1 aromatic carbocycles. The zero-order valence-corrected chi connectivity index (χ0v) is 13.7. The Kier molecular flexibility index (Phi) is 4.06. The van der Waals surface area contributed by atoms with Crippen LogP contribution in [0.15, 0.2) is 22.7 Å². The quantitative estimate of drug-likeness (QED) is 0.904. The number of carbonyl (C=O) groups is 1. The van der Waals surface area contributed by atoms with Gasteiger partial charge in [-0.15, -0.1) is 0 Å². The first-order valence-corrected chi connectivity index (χ1v) is 8.21. The minimum Gasteiger partial charge on any atom is -0.341 e. The molecule has 1 saturated carbocycles. The predicted octanol–water partition coefficient (Wildman–Crippen LogP) is 2.94. The molecule has 1 amide bonds. The number of nitrogens with zero attached hydrogens (tertiary/aromatic N) is 1. The average molecular weight is 355 g/mol. The maximum atomic E-state index is 13.8. The highest BCUT2D eigenvalue weighted by Gasteiger charge is 2.58. The zero-order valence-electron chi connectivity index (χ0n) is 12.2. The molecular weight excluding hydrogens is 335 g/mol. The third-order valence-corrected chi connectivity index (χ3v) is 5.37. The lowest BCUT2D eigenvalue weighted by atomic mass is 9.91. The number of hydrogen-bond donors (Lipinski definition) is 1. The Morgan fingerprint density at radius 3 is 2.90 bits per heavy atom. The maximum Gasteiger partial charge on any atom is 0.226 e. The van der Waals surface area contributed by atoms with Gasteiger partial charge in [0.25, 0.3) is 0 Å². The third-order valence-electron chi connectivity index (χ3n) is 4.88. The highest BCUT2D eigenvalue weighted by molar-refractivity contribution is 9.10. The standard InChI is InChI=1S/C16H20BrFN2O/c1-20(10-11-8-12(17)2-3-14(11)18)15(21)13-9-16(13)4-6-19-7-5-16/h2-3,8,13,19H,4-7,9-10H2,1H3. The summed E-state index contributed by atoms with van der Waals surface area (Å²) in [6, 6.07) is 4.85.